The minimum atomic E-state index is -0.178. The molecule has 0 unspecified atom stereocenters. The average Bonchev–Trinajstić information content (AvgIpc) is 2.15. The first-order valence-corrected chi connectivity index (χ1v) is 4.64. The van der Waals surface area contributed by atoms with Gasteiger partial charge in [0.25, 0.3) is 0 Å². The normalized spacial score (nSPS) is 10.9. The number of ether oxygens (including phenoxy) is 1. The Labute approximate surface area is 84.3 Å². The number of benzene rings is 1. The van der Waals surface area contributed by atoms with Gasteiger partial charge in [0.2, 0.25) is 0 Å². The lowest BCUT2D eigenvalue weighted by Gasteiger charge is -2.15. The van der Waals surface area contributed by atoms with Crippen LogP contribution in [-0.4, -0.2) is 32.2 Å². The zero-order chi connectivity index (χ0) is 10.4. The lowest BCUT2D eigenvalue weighted by Crippen LogP contribution is -2.22. The minimum absolute atomic E-state index is 0.178. The van der Waals surface area contributed by atoms with Gasteiger partial charge in [-0.3, -0.25) is 4.90 Å². The molecule has 0 saturated heterocycles. The summed E-state index contributed by atoms with van der Waals surface area (Å²) in [5, 5.41) is 0. The highest BCUT2D eigenvalue weighted by Gasteiger charge is 2.00. The Morgan fingerprint density at radius 2 is 2.21 bits per heavy atom. The van der Waals surface area contributed by atoms with E-state index in [0.717, 1.165) is 18.7 Å². The second-order valence-corrected chi connectivity index (χ2v) is 3.36. The maximum Gasteiger partial charge on any atom is 0.123 e. The molecule has 0 bridgehead atoms. The summed E-state index contributed by atoms with van der Waals surface area (Å²) in [6.07, 6.45) is 0. The Morgan fingerprint density at radius 3 is 2.86 bits per heavy atom. The van der Waals surface area contributed by atoms with Crippen LogP contribution in [0.3, 0.4) is 0 Å². The van der Waals surface area contributed by atoms with Crippen molar-refractivity contribution in [3.63, 3.8) is 0 Å². The van der Waals surface area contributed by atoms with Crippen LogP contribution in [0.25, 0.3) is 0 Å². The highest BCUT2D eigenvalue weighted by atomic mass is 19.1. The van der Waals surface area contributed by atoms with E-state index in [4.69, 9.17) is 4.74 Å². The van der Waals surface area contributed by atoms with Gasteiger partial charge in [-0.15, -0.1) is 0 Å². The predicted molar refractivity (Wildman–Crippen MR) is 54.6 cm³/mol. The van der Waals surface area contributed by atoms with E-state index in [1.807, 2.05) is 13.1 Å². The van der Waals surface area contributed by atoms with Crippen molar-refractivity contribution in [2.45, 2.75) is 6.54 Å². The van der Waals surface area contributed by atoms with E-state index in [0.29, 0.717) is 6.61 Å². The second-order valence-electron chi connectivity index (χ2n) is 3.36. The zero-order valence-electron chi connectivity index (χ0n) is 8.66. The van der Waals surface area contributed by atoms with Crippen molar-refractivity contribution in [1.82, 2.24) is 4.90 Å². The zero-order valence-corrected chi connectivity index (χ0v) is 8.66. The van der Waals surface area contributed by atoms with Crippen LogP contribution in [0.1, 0.15) is 5.56 Å². The van der Waals surface area contributed by atoms with Gasteiger partial charge in [0, 0.05) is 20.2 Å². The van der Waals surface area contributed by atoms with Gasteiger partial charge in [-0.05, 0) is 24.7 Å². The standard InChI is InChI=1S/C11H16FNO/c1-13(6-7-14-2)9-10-4-3-5-11(12)8-10/h3-5,8H,6-7,9H2,1-2H3. The number of hydrogen-bond acceptors (Lipinski definition) is 2. The SMILES string of the molecule is COCCN(C)Cc1cccc(F)c1. The van der Waals surface area contributed by atoms with Crippen LogP contribution in [0.4, 0.5) is 4.39 Å². The fourth-order valence-corrected chi connectivity index (χ4v) is 1.27. The Hall–Kier alpha value is -0.930. The fourth-order valence-electron chi connectivity index (χ4n) is 1.27. The van der Waals surface area contributed by atoms with Gasteiger partial charge in [-0.25, -0.2) is 4.39 Å². The molecule has 0 fully saturated rings. The molecule has 0 atom stereocenters. The first-order valence-electron chi connectivity index (χ1n) is 4.64. The Kier molecular flexibility index (Phi) is 4.56. The molecule has 0 aliphatic carbocycles. The predicted octanol–water partition coefficient (Wildman–Crippen LogP) is 1.90. The molecule has 0 saturated carbocycles. The maximum absolute atomic E-state index is 12.8. The van der Waals surface area contributed by atoms with Gasteiger partial charge >= 0.3 is 0 Å². The molecule has 1 rings (SSSR count). The third-order valence-corrected chi connectivity index (χ3v) is 2.02. The summed E-state index contributed by atoms with van der Waals surface area (Å²) < 4.78 is 17.8. The van der Waals surface area contributed by atoms with Gasteiger partial charge < -0.3 is 4.74 Å². The molecule has 2 nitrogen and oxygen atoms in total. The number of rotatable bonds is 5. The van der Waals surface area contributed by atoms with Crippen molar-refractivity contribution >= 4 is 0 Å². The summed E-state index contributed by atoms with van der Waals surface area (Å²) in [5.41, 5.74) is 0.989. The Balaban J connectivity index is 2.43. The van der Waals surface area contributed by atoms with Gasteiger partial charge in [0.1, 0.15) is 5.82 Å². The van der Waals surface area contributed by atoms with E-state index in [-0.39, 0.29) is 5.82 Å². The van der Waals surface area contributed by atoms with Crippen LogP contribution in [0.15, 0.2) is 24.3 Å². The highest BCUT2D eigenvalue weighted by molar-refractivity contribution is 5.15. The van der Waals surface area contributed by atoms with E-state index < -0.39 is 0 Å². The van der Waals surface area contributed by atoms with Gasteiger partial charge in [-0.2, -0.15) is 0 Å². The van der Waals surface area contributed by atoms with E-state index in [9.17, 15) is 4.39 Å². The van der Waals surface area contributed by atoms with Gasteiger partial charge in [0.05, 0.1) is 6.61 Å². The molecule has 0 N–H and O–H groups in total. The van der Waals surface area contributed by atoms with E-state index in [2.05, 4.69) is 4.90 Å². The summed E-state index contributed by atoms with van der Waals surface area (Å²) >= 11 is 0. The Bertz CT molecular complexity index is 278. The summed E-state index contributed by atoms with van der Waals surface area (Å²) in [4.78, 5) is 2.10. The number of hydrogen-bond donors (Lipinski definition) is 0. The highest BCUT2D eigenvalue weighted by Crippen LogP contribution is 2.05. The van der Waals surface area contributed by atoms with Crippen molar-refractivity contribution in [3.8, 4) is 0 Å². The number of methoxy groups -OCH3 is 1. The van der Waals surface area contributed by atoms with Crippen LogP contribution < -0.4 is 0 Å². The monoisotopic (exact) mass is 197 g/mol. The Morgan fingerprint density at radius 1 is 1.43 bits per heavy atom. The largest absolute Gasteiger partial charge is 0.383 e. The van der Waals surface area contributed by atoms with Crippen molar-refractivity contribution in [3.05, 3.63) is 35.6 Å². The first kappa shape index (κ1) is 11.1. The van der Waals surface area contributed by atoms with Crippen LogP contribution >= 0.6 is 0 Å². The molecule has 14 heavy (non-hydrogen) atoms. The lowest BCUT2D eigenvalue weighted by molar-refractivity contribution is 0.158. The molecule has 0 spiro atoms. The molecule has 78 valence electrons. The topological polar surface area (TPSA) is 12.5 Å². The first-order chi connectivity index (χ1) is 6.72. The third-order valence-electron chi connectivity index (χ3n) is 2.02. The van der Waals surface area contributed by atoms with Gasteiger partial charge in [0.15, 0.2) is 0 Å². The molecule has 0 radical (unpaired) electrons. The molecule has 0 amide bonds. The summed E-state index contributed by atoms with van der Waals surface area (Å²) in [5.74, 6) is -0.178. The second kappa shape index (κ2) is 5.73. The molecule has 0 heterocycles. The smallest absolute Gasteiger partial charge is 0.123 e. The van der Waals surface area contributed by atoms with Crippen LogP contribution in [-0.2, 0) is 11.3 Å². The minimum Gasteiger partial charge on any atom is -0.383 e. The molecular formula is C11H16FNO. The van der Waals surface area contributed by atoms with Crippen molar-refractivity contribution in [2.75, 3.05) is 27.3 Å². The van der Waals surface area contributed by atoms with Gasteiger partial charge in [-0.1, -0.05) is 12.1 Å². The van der Waals surface area contributed by atoms with Crippen LogP contribution in [0, 0.1) is 5.82 Å². The van der Waals surface area contributed by atoms with E-state index in [1.54, 1.807) is 19.2 Å². The molecule has 1 aromatic carbocycles. The molecule has 3 heteroatoms. The summed E-state index contributed by atoms with van der Waals surface area (Å²) in [6.45, 7) is 2.31. The van der Waals surface area contributed by atoms with Crippen LogP contribution in [0.5, 0.6) is 0 Å². The fraction of sp³-hybridized carbons (Fsp3) is 0.455. The van der Waals surface area contributed by atoms with E-state index in [1.165, 1.54) is 6.07 Å². The lowest BCUT2D eigenvalue weighted by atomic mass is 10.2. The molecular weight excluding hydrogens is 181 g/mol. The maximum atomic E-state index is 12.8. The molecule has 0 aromatic heterocycles. The van der Waals surface area contributed by atoms with Crippen molar-refractivity contribution in [2.24, 2.45) is 0 Å². The summed E-state index contributed by atoms with van der Waals surface area (Å²) in [7, 11) is 3.67. The number of halogens is 1. The van der Waals surface area contributed by atoms with E-state index >= 15 is 0 Å². The third kappa shape index (κ3) is 3.85. The number of nitrogens with zero attached hydrogens (tertiary/aromatic N) is 1. The average molecular weight is 197 g/mol. The molecule has 1 aromatic rings. The van der Waals surface area contributed by atoms with Crippen molar-refractivity contribution in [1.29, 1.82) is 0 Å². The number of likely N-dealkylation sites (N-methyl/N-ethyl adjacent to an activating group) is 1. The van der Waals surface area contributed by atoms with Crippen molar-refractivity contribution < 1.29 is 9.13 Å². The molecule has 0 aliphatic heterocycles. The molecule has 0 aliphatic rings. The summed E-state index contributed by atoms with van der Waals surface area (Å²) in [6, 6.07) is 6.67. The quantitative estimate of drug-likeness (QED) is 0.715. The van der Waals surface area contributed by atoms with Crippen LogP contribution in [0.2, 0.25) is 0 Å².